The Kier molecular flexibility index (Phi) is 3.78. The Morgan fingerprint density at radius 2 is 1.72 bits per heavy atom. The molecule has 0 aliphatic heterocycles. The maximum atomic E-state index is 5.20. The monoisotopic (exact) mass is 331 g/mol. The molecule has 4 aromatic rings. The molecule has 0 fully saturated rings. The molecule has 0 saturated heterocycles. The van der Waals surface area contributed by atoms with Gasteiger partial charge in [-0.2, -0.15) is 9.50 Å². The molecule has 6 nitrogen and oxygen atoms in total. The predicted octanol–water partition coefficient (Wildman–Crippen LogP) is 3.85. The van der Waals surface area contributed by atoms with Gasteiger partial charge in [-0.1, -0.05) is 18.2 Å². The summed E-state index contributed by atoms with van der Waals surface area (Å²) in [5.74, 6) is 2.80. The maximum absolute atomic E-state index is 5.20. The highest BCUT2D eigenvalue weighted by atomic mass is 16.5. The van der Waals surface area contributed by atoms with Crippen molar-refractivity contribution >= 4 is 17.3 Å². The van der Waals surface area contributed by atoms with E-state index in [2.05, 4.69) is 20.4 Å². The summed E-state index contributed by atoms with van der Waals surface area (Å²) in [4.78, 5) is 9.04. The van der Waals surface area contributed by atoms with Crippen molar-refractivity contribution in [1.82, 2.24) is 19.6 Å². The van der Waals surface area contributed by atoms with E-state index in [1.165, 1.54) is 0 Å². The molecule has 1 N–H and O–H groups in total. The van der Waals surface area contributed by atoms with Crippen molar-refractivity contribution in [2.45, 2.75) is 6.92 Å². The van der Waals surface area contributed by atoms with Crippen LogP contribution in [0.3, 0.4) is 0 Å². The largest absolute Gasteiger partial charge is 0.497 e. The van der Waals surface area contributed by atoms with E-state index in [4.69, 9.17) is 4.74 Å². The zero-order chi connectivity index (χ0) is 17.2. The maximum Gasteiger partial charge on any atom is 0.254 e. The number of anilines is 2. The van der Waals surface area contributed by atoms with E-state index in [1.807, 2.05) is 67.6 Å². The van der Waals surface area contributed by atoms with Crippen LogP contribution in [-0.2, 0) is 0 Å². The number of hydrogen-bond acceptors (Lipinski definition) is 5. The van der Waals surface area contributed by atoms with Gasteiger partial charge in [0.2, 0.25) is 0 Å². The van der Waals surface area contributed by atoms with Crippen LogP contribution in [0.15, 0.2) is 60.7 Å². The molecule has 0 bridgehead atoms. The summed E-state index contributed by atoms with van der Waals surface area (Å²) in [5, 5.41) is 7.99. The number of methoxy groups -OCH3 is 1. The first-order valence-electron chi connectivity index (χ1n) is 7.94. The highest BCUT2D eigenvalue weighted by Crippen LogP contribution is 2.22. The quantitative estimate of drug-likeness (QED) is 0.615. The number of benzene rings is 2. The van der Waals surface area contributed by atoms with Crippen molar-refractivity contribution in [3.63, 3.8) is 0 Å². The van der Waals surface area contributed by atoms with E-state index in [-0.39, 0.29) is 0 Å². The van der Waals surface area contributed by atoms with Crippen molar-refractivity contribution in [2.75, 3.05) is 12.4 Å². The second-order valence-corrected chi connectivity index (χ2v) is 5.65. The standard InChI is InChI=1S/C19H17N5O/c1-13-12-17(21-15-6-4-3-5-7-15)24-19(20-13)22-18(23-24)14-8-10-16(25-2)11-9-14/h3-12,21H,1-2H3. The van der Waals surface area contributed by atoms with Gasteiger partial charge in [0.15, 0.2) is 5.82 Å². The van der Waals surface area contributed by atoms with Gasteiger partial charge in [0, 0.05) is 23.0 Å². The molecule has 0 aliphatic rings. The summed E-state index contributed by atoms with van der Waals surface area (Å²) in [6, 6.07) is 19.6. The summed E-state index contributed by atoms with van der Waals surface area (Å²) in [6.07, 6.45) is 0. The summed E-state index contributed by atoms with van der Waals surface area (Å²) in [6.45, 7) is 1.94. The minimum atomic E-state index is 0.559. The van der Waals surface area contributed by atoms with Gasteiger partial charge in [-0.15, -0.1) is 5.10 Å². The van der Waals surface area contributed by atoms with Gasteiger partial charge in [-0.25, -0.2) is 4.98 Å². The first kappa shape index (κ1) is 15.1. The number of ether oxygens (including phenoxy) is 1. The van der Waals surface area contributed by atoms with Crippen LogP contribution >= 0.6 is 0 Å². The molecule has 124 valence electrons. The van der Waals surface area contributed by atoms with Crippen molar-refractivity contribution in [1.29, 1.82) is 0 Å². The fourth-order valence-electron chi connectivity index (χ4n) is 2.61. The van der Waals surface area contributed by atoms with Gasteiger partial charge in [0.1, 0.15) is 11.6 Å². The fourth-order valence-corrected chi connectivity index (χ4v) is 2.61. The van der Waals surface area contributed by atoms with Gasteiger partial charge in [0.25, 0.3) is 5.78 Å². The first-order valence-corrected chi connectivity index (χ1v) is 7.94. The normalized spacial score (nSPS) is 10.8. The molecule has 0 radical (unpaired) electrons. The third-order valence-corrected chi connectivity index (χ3v) is 3.83. The second kappa shape index (κ2) is 6.24. The van der Waals surface area contributed by atoms with E-state index < -0.39 is 0 Å². The van der Waals surface area contributed by atoms with E-state index >= 15 is 0 Å². The number of aryl methyl sites for hydroxylation is 1. The lowest BCUT2D eigenvalue weighted by atomic mass is 10.2. The minimum absolute atomic E-state index is 0.559. The lowest BCUT2D eigenvalue weighted by molar-refractivity contribution is 0.415. The van der Waals surface area contributed by atoms with Crippen LogP contribution in [-0.4, -0.2) is 26.7 Å². The van der Waals surface area contributed by atoms with E-state index in [9.17, 15) is 0 Å². The summed E-state index contributed by atoms with van der Waals surface area (Å²) < 4.78 is 6.92. The third kappa shape index (κ3) is 3.01. The van der Waals surface area contributed by atoms with Crippen LogP contribution in [0.25, 0.3) is 17.2 Å². The number of para-hydroxylation sites is 1. The molecule has 25 heavy (non-hydrogen) atoms. The number of fused-ring (bicyclic) bond motifs is 1. The summed E-state index contributed by atoms with van der Waals surface area (Å²) in [5.41, 5.74) is 2.77. The van der Waals surface area contributed by atoms with E-state index in [0.717, 1.165) is 28.5 Å². The second-order valence-electron chi connectivity index (χ2n) is 5.65. The molecule has 2 aromatic carbocycles. The van der Waals surface area contributed by atoms with E-state index in [1.54, 1.807) is 11.6 Å². The van der Waals surface area contributed by atoms with Gasteiger partial charge >= 0.3 is 0 Å². The number of aromatic nitrogens is 4. The summed E-state index contributed by atoms with van der Waals surface area (Å²) >= 11 is 0. The first-order chi connectivity index (χ1) is 12.2. The Morgan fingerprint density at radius 3 is 2.44 bits per heavy atom. The molecule has 0 saturated carbocycles. The van der Waals surface area contributed by atoms with Crippen molar-refractivity contribution in [2.24, 2.45) is 0 Å². The fraction of sp³-hybridized carbons (Fsp3) is 0.105. The Hall–Kier alpha value is -3.41. The summed E-state index contributed by atoms with van der Waals surface area (Å²) in [7, 11) is 1.65. The molecule has 0 aliphatic carbocycles. The highest BCUT2D eigenvalue weighted by molar-refractivity contribution is 5.62. The SMILES string of the molecule is COc1ccc(-c2nc3nc(C)cc(Nc4ccccc4)n3n2)cc1. The van der Waals surface area contributed by atoms with Crippen molar-refractivity contribution in [3.05, 3.63) is 66.4 Å². The molecule has 0 unspecified atom stereocenters. The molecule has 0 amide bonds. The van der Waals surface area contributed by atoms with Crippen LogP contribution in [0.1, 0.15) is 5.69 Å². The number of nitrogens with one attached hydrogen (secondary N) is 1. The lowest BCUT2D eigenvalue weighted by Crippen LogP contribution is -2.02. The Labute approximate surface area is 145 Å². The average Bonchev–Trinajstić information content (AvgIpc) is 3.07. The van der Waals surface area contributed by atoms with Crippen LogP contribution in [0.2, 0.25) is 0 Å². The average molecular weight is 331 g/mol. The molecular formula is C19H17N5O. The van der Waals surface area contributed by atoms with Gasteiger partial charge in [-0.05, 0) is 43.3 Å². The smallest absolute Gasteiger partial charge is 0.254 e. The molecule has 2 heterocycles. The zero-order valence-electron chi connectivity index (χ0n) is 14.0. The van der Waals surface area contributed by atoms with Gasteiger partial charge < -0.3 is 10.1 Å². The minimum Gasteiger partial charge on any atom is -0.497 e. The number of nitrogens with zero attached hydrogens (tertiary/aromatic N) is 4. The zero-order valence-corrected chi connectivity index (χ0v) is 14.0. The molecule has 6 heteroatoms. The van der Waals surface area contributed by atoms with Crippen LogP contribution in [0.5, 0.6) is 5.75 Å². The Balaban J connectivity index is 1.77. The molecule has 0 atom stereocenters. The number of hydrogen-bond donors (Lipinski definition) is 1. The molecule has 4 rings (SSSR count). The predicted molar refractivity (Wildman–Crippen MR) is 97.2 cm³/mol. The van der Waals surface area contributed by atoms with Gasteiger partial charge in [-0.3, -0.25) is 0 Å². The van der Waals surface area contributed by atoms with E-state index in [0.29, 0.717) is 11.6 Å². The van der Waals surface area contributed by atoms with Crippen LogP contribution in [0.4, 0.5) is 11.5 Å². The highest BCUT2D eigenvalue weighted by Gasteiger charge is 2.12. The Morgan fingerprint density at radius 1 is 0.960 bits per heavy atom. The van der Waals surface area contributed by atoms with Crippen LogP contribution in [0, 0.1) is 6.92 Å². The third-order valence-electron chi connectivity index (χ3n) is 3.83. The van der Waals surface area contributed by atoms with Crippen LogP contribution < -0.4 is 10.1 Å². The van der Waals surface area contributed by atoms with Gasteiger partial charge in [0.05, 0.1) is 7.11 Å². The van der Waals surface area contributed by atoms with Crippen molar-refractivity contribution < 1.29 is 4.74 Å². The molecular weight excluding hydrogens is 314 g/mol. The molecule has 2 aromatic heterocycles. The topological polar surface area (TPSA) is 64.3 Å². The Bertz CT molecular complexity index is 1010. The lowest BCUT2D eigenvalue weighted by Gasteiger charge is -2.08. The molecule has 0 spiro atoms. The number of rotatable bonds is 4. The van der Waals surface area contributed by atoms with Crippen molar-refractivity contribution in [3.8, 4) is 17.1 Å².